The van der Waals surface area contributed by atoms with Crippen molar-refractivity contribution in [3.63, 3.8) is 0 Å². The van der Waals surface area contributed by atoms with Gasteiger partial charge in [0.25, 0.3) is 0 Å². The van der Waals surface area contributed by atoms with Gasteiger partial charge in [0.15, 0.2) is 0 Å². The molecule has 0 unspecified atom stereocenters. The normalized spacial score (nSPS) is 21.1. The van der Waals surface area contributed by atoms with E-state index >= 15 is 0 Å². The third-order valence-corrected chi connectivity index (χ3v) is 3.24. The van der Waals surface area contributed by atoms with E-state index in [0.717, 1.165) is 37.8 Å². The molecule has 16 heavy (non-hydrogen) atoms. The third-order valence-electron chi connectivity index (χ3n) is 3.24. The number of ether oxygens (including phenoxy) is 1. The summed E-state index contributed by atoms with van der Waals surface area (Å²) in [7, 11) is 0. The summed E-state index contributed by atoms with van der Waals surface area (Å²) < 4.78 is 5.37. The van der Waals surface area contributed by atoms with Crippen molar-refractivity contribution in [2.45, 2.75) is 18.8 Å². The van der Waals surface area contributed by atoms with Crippen molar-refractivity contribution in [3.05, 3.63) is 17.8 Å². The lowest BCUT2D eigenvalue weighted by molar-refractivity contribution is 0.122. The molecule has 4 nitrogen and oxygen atoms in total. The minimum absolute atomic E-state index is 0.689. The molecule has 0 spiro atoms. The first kappa shape index (κ1) is 9.90. The number of nitrogens with two attached hydrogens (primary N) is 1. The van der Waals surface area contributed by atoms with Crippen LogP contribution in [0.25, 0.3) is 0 Å². The average Bonchev–Trinajstić information content (AvgIpc) is 3.14. The monoisotopic (exact) mass is 219 g/mol. The van der Waals surface area contributed by atoms with Crippen molar-refractivity contribution < 1.29 is 4.74 Å². The fourth-order valence-electron chi connectivity index (χ4n) is 2.23. The minimum Gasteiger partial charge on any atom is -0.397 e. The van der Waals surface area contributed by atoms with Gasteiger partial charge in [0.2, 0.25) is 0 Å². The Balaban J connectivity index is 1.91. The summed E-state index contributed by atoms with van der Waals surface area (Å²) in [6.45, 7) is 3.49. The first-order chi connectivity index (χ1) is 7.84. The summed E-state index contributed by atoms with van der Waals surface area (Å²) in [5.41, 5.74) is 7.93. The van der Waals surface area contributed by atoms with E-state index in [4.69, 9.17) is 10.5 Å². The predicted molar refractivity (Wildman–Crippen MR) is 63.7 cm³/mol. The zero-order valence-corrected chi connectivity index (χ0v) is 9.35. The quantitative estimate of drug-likeness (QED) is 0.816. The summed E-state index contributed by atoms with van der Waals surface area (Å²) in [6, 6.07) is 2.09. The number of rotatable bonds is 2. The molecule has 1 aromatic rings. The lowest BCUT2D eigenvalue weighted by atomic mass is 10.1. The van der Waals surface area contributed by atoms with E-state index in [-0.39, 0.29) is 0 Å². The summed E-state index contributed by atoms with van der Waals surface area (Å²) in [5.74, 6) is 1.81. The second kappa shape index (κ2) is 3.94. The number of nitrogens with zero attached hydrogens (tertiary/aromatic N) is 2. The molecule has 4 heteroatoms. The maximum Gasteiger partial charge on any atom is 0.132 e. The highest BCUT2D eigenvalue weighted by Crippen LogP contribution is 2.44. The first-order valence-corrected chi connectivity index (χ1v) is 5.93. The Hall–Kier alpha value is -1.29. The van der Waals surface area contributed by atoms with Crippen LogP contribution in [0.15, 0.2) is 12.3 Å². The fraction of sp³-hybridized carbons (Fsp3) is 0.583. The van der Waals surface area contributed by atoms with Gasteiger partial charge in [-0.2, -0.15) is 0 Å². The van der Waals surface area contributed by atoms with Gasteiger partial charge in [0.05, 0.1) is 25.1 Å². The number of pyridine rings is 1. The Kier molecular flexibility index (Phi) is 2.44. The maximum absolute atomic E-state index is 5.82. The third kappa shape index (κ3) is 1.85. The van der Waals surface area contributed by atoms with Crippen molar-refractivity contribution in [1.82, 2.24) is 4.98 Å². The number of morpholine rings is 1. The van der Waals surface area contributed by atoms with Gasteiger partial charge in [-0.3, -0.25) is 0 Å². The van der Waals surface area contributed by atoms with Gasteiger partial charge in [0, 0.05) is 13.1 Å². The molecule has 1 saturated heterocycles. The second-order valence-electron chi connectivity index (χ2n) is 4.56. The number of hydrogen-bond donors (Lipinski definition) is 1. The van der Waals surface area contributed by atoms with Crippen LogP contribution in [0.2, 0.25) is 0 Å². The maximum atomic E-state index is 5.82. The molecular weight excluding hydrogens is 202 g/mol. The Morgan fingerprint density at radius 3 is 2.75 bits per heavy atom. The largest absolute Gasteiger partial charge is 0.397 e. The SMILES string of the molecule is Nc1cnc(N2CCOCC2)c(C2CC2)c1. The van der Waals surface area contributed by atoms with Gasteiger partial charge in [-0.1, -0.05) is 0 Å². The van der Waals surface area contributed by atoms with Crippen molar-refractivity contribution in [2.75, 3.05) is 36.9 Å². The molecular formula is C12H17N3O. The molecule has 2 fully saturated rings. The molecule has 0 radical (unpaired) electrons. The van der Waals surface area contributed by atoms with E-state index in [9.17, 15) is 0 Å². The highest BCUT2D eigenvalue weighted by molar-refractivity contribution is 5.56. The van der Waals surface area contributed by atoms with E-state index in [1.807, 2.05) is 0 Å². The summed E-state index contributed by atoms with van der Waals surface area (Å²) >= 11 is 0. The van der Waals surface area contributed by atoms with Crippen LogP contribution in [-0.2, 0) is 4.74 Å². The zero-order chi connectivity index (χ0) is 11.0. The average molecular weight is 219 g/mol. The molecule has 2 N–H and O–H groups in total. The number of anilines is 2. The van der Waals surface area contributed by atoms with Crippen LogP contribution in [0.3, 0.4) is 0 Å². The summed E-state index contributed by atoms with van der Waals surface area (Å²) in [5, 5.41) is 0. The topological polar surface area (TPSA) is 51.4 Å². The Morgan fingerprint density at radius 2 is 2.06 bits per heavy atom. The van der Waals surface area contributed by atoms with Crippen LogP contribution >= 0.6 is 0 Å². The van der Waals surface area contributed by atoms with Gasteiger partial charge in [0.1, 0.15) is 5.82 Å². The highest BCUT2D eigenvalue weighted by Gasteiger charge is 2.29. The van der Waals surface area contributed by atoms with E-state index in [0.29, 0.717) is 5.92 Å². The van der Waals surface area contributed by atoms with E-state index in [2.05, 4.69) is 16.0 Å². The smallest absolute Gasteiger partial charge is 0.132 e. The van der Waals surface area contributed by atoms with Crippen molar-refractivity contribution in [3.8, 4) is 0 Å². The van der Waals surface area contributed by atoms with Crippen LogP contribution in [0.5, 0.6) is 0 Å². The first-order valence-electron chi connectivity index (χ1n) is 5.93. The molecule has 0 atom stereocenters. The van der Waals surface area contributed by atoms with Gasteiger partial charge < -0.3 is 15.4 Å². The molecule has 86 valence electrons. The number of aromatic nitrogens is 1. The molecule has 1 saturated carbocycles. The van der Waals surface area contributed by atoms with Crippen LogP contribution in [0.1, 0.15) is 24.3 Å². The molecule has 0 amide bonds. The Morgan fingerprint density at radius 1 is 1.31 bits per heavy atom. The summed E-state index contributed by atoms with van der Waals surface area (Å²) in [4.78, 5) is 6.82. The second-order valence-corrected chi connectivity index (χ2v) is 4.56. The molecule has 2 aliphatic rings. The lowest BCUT2D eigenvalue weighted by Crippen LogP contribution is -2.37. The molecule has 3 rings (SSSR count). The molecule has 0 bridgehead atoms. The minimum atomic E-state index is 0.689. The van der Waals surface area contributed by atoms with Crippen LogP contribution in [0, 0.1) is 0 Å². The molecule has 1 aromatic heterocycles. The Labute approximate surface area is 95.4 Å². The number of nitrogen functional groups attached to an aromatic ring is 1. The van der Waals surface area contributed by atoms with Gasteiger partial charge in [-0.05, 0) is 30.4 Å². The zero-order valence-electron chi connectivity index (χ0n) is 9.35. The van der Waals surface area contributed by atoms with Gasteiger partial charge in [-0.15, -0.1) is 0 Å². The molecule has 1 aliphatic carbocycles. The number of hydrogen-bond acceptors (Lipinski definition) is 4. The van der Waals surface area contributed by atoms with Crippen LogP contribution < -0.4 is 10.6 Å². The fourth-order valence-corrected chi connectivity index (χ4v) is 2.23. The molecule has 2 heterocycles. The summed E-state index contributed by atoms with van der Waals surface area (Å²) in [6.07, 6.45) is 4.32. The lowest BCUT2D eigenvalue weighted by Gasteiger charge is -2.29. The van der Waals surface area contributed by atoms with E-state index in [1.165, 1.54) is 18.4 Å². The van der Waals surface area contributed by atoms with E-state index < -0.39 is 0 Å². The van der Waals surface area contributed by atoms with Crippen molar-refractivity contribution in [1.29, 1.82) is 0 Å². The molecule has 1 aliphatic heterocycles. The van der Waals surface area contributed by atoms with Gasteiger partial charge in [-0.25, -0.2) is 4.98 Å². The van der Waals surface area contributed by atoms with E-state index in [1.54, 1.807) is 6.20 Å². The predicted octanol–water partition coefficient (Wildman–Crippen LogP) is 1.38. The highest BCUT2D eigenvalue weighted by atomic mass is 16.5. The molecule has 0 aromatic carbocycles. The van der Waals surface area contributed by atoms with Crippen molar-refractivity contribution >= 4 is 11.5 Å². The Bertz CT molecular complexity index is 384. The van der Waals surface area contributed by atoms with Gasteiger partial charge >= 0.3 is 0 Å². The standard InChI is InChI=1S/C12H17N3O/c13-10-7-11(9-1-2-9)12(14-8-10)15-3-5-16-6-4-15/h7-9H,1-6,13H2. The van der Waals surface area contributed by atoms with Crippen LogP contribution in [0.4, 0.5) is 11.5 Å². The van der Waals surface area contributed by atoms with Crippen molar-refractivity contribution in [2.24, 2.45) is 0 Å². The van der Waals surface area contributed by atoms with Crippen LogP contribution in [-0.4, -0.2) is 31.3 Å².